The van der Waals surface area contributed by atoms with Gasteiger partial charge in [-0.25, -0.2) is 4.98 Å². The van der Waals surface area contributed by atoms with Gasteiger partial charge < -0.3 is 9.72 Å². The summed E-state index contributed by atoms with van der Waals surface area (Å²) in [6.07, 6.45) is 3.63. The van der Waals surface area contributed by atoms with Crippen LogP contribution < -0.4 is 4.74 Å². The molecule has 25 heavy (non-hydrogen) atoms. The van der Waals surface area contributed by atoms with Crippen molar-refractivity contribution in [3.63, 3.8) is 0 Å². The second-order valence-corrected chi connectivity index (χ2v) is 5.83. The lowest BCUT2D eigenvalue weighted by Gasteiger charge is -2.06. The number of ether oxygens (including phenoxy) is 1. The smallest absolute Gasteiger partial charge is 0.213 e. The van der Waals surface area contributed by atoms with Crippen LogP contribution in [-0.4, -0.2) is 27.0 Å². The predicted molar refractivity (Wildman–Crippen MR) is 98.7 cm³/mol. The molecule has 0 aliphatic rings. The molecule has 5 rings (SSSR count). The monoisotopic (exact) mass is 326 g/mol. The molecule has 0 amide bonds. The number of aromatic amines is 1. The largest absolute Gasteiger partial charge is 0.481 e. The Kier molecular flexibility index (Phi) is 2.94. The van der Waals surface area contributed by atoms with Crippen molar-refractivity contribution in [1.82, 2.24) is 19.9 Å². The van der Waals surface area contributed by atoms with Crippen molar-refractivity contribution in [3.05, 3.63) is 60.9 Å². The highest BCUT2D eigenvalue weighted by Crippen LogP contribution is 2.34. The zero-order chi connectivity index (χ0) is 16.8. The van der Waals surface area contributed by atoms with Gasteiger partial charge in [0.1, 0.15) is 0 Å². The number of nitrogens with zero attached hydrogens (tertiary/aromatic N) is 3. The lowest BCUT2D eigenvalue weighted by molar-refractivity contribution is 0.399. The number of H-pyrrole nitrogens is 1. The number of nitrogens with one attached hydrogen (secondary N) is 1. The summed E-state index contributed by atoms with van der Waals surface area (Å²) >= 11 is 0. The van der Waals surface area contributed by atoms with Gasteiger partial charge in [-0.1, -0.05) is 18.2 Å². The molecule has 0 spiro atoms. The molecule has 0 saturated heterocycles. The maximum absolute atomic E-state index is 5.26. The van der Waals surface area contributed by atoms with E-state index in [9.17, 15) is 0 Å². The molecule has 4 aromatic heterocycles. The molecule has 0 aliphatic carbocycles. The summed E-state index contributed by atoms with van der Waals surface area (Å²) in [5.74, 6) is 0.598. The molecule has 0 unspecified atom stereocenters. The molecule has 4 heterocycles. The van der Waals surface area contributed by atoms with E-state index < -0.39 is 0 Å². The third-order valence-corrected chi connectivity index (χ3v) is 4.45. The second-order valence-electron chi connectivity index (χ2n) is 5.83. The Morgan fingerprint density at radius 1 is 0.880 bits per heavy atom. The Labute approximate surface area is 143 Å². The van der Waals surface area contributed by atoms with E-state index in [4.69, 9.17) is 4.74 Å². The number of hydrogen-bond donors (Lipinski definition) is 1. The van der Waals surface area contributed by atoms with Crippen molar-refractivity contribution in [2.24, 2.45) is 0 Å². The normalized spacial score (nSPS) is 11.4. The topological polar surface area (TPSA) is 63.7 Å². The fourth-order valence-electron chi connectivity index (χ4n) is 3.30. The molecule has 5 heteroatoms. The number of rotatable bonds is 2. The highest BCUT2D eigenvalue weighted by Gasteiger charge is 2.14. The van der Waals surface area contributed by atoms with Crippen LogP contribution in [0, 0.1) is 0 Å². The van der Waals surface area contributed by atoms with Crippen LogP contribution in [-0.2, 0) is 0 Å². The third kappa shape index (κ3) is 2.06. The van der Waals surface area contributed by atoms with Gasteiger partial charge in [0.2, 0.25) is 5.88 Å². The highest BCUT2D eigenvalue weighted by molar-refractivity contribution is 6.11. The maximum Gasteiger partial charge on any atom is 0.213 e. The zero-order valence-electron chi connectivity index (χ0n) is 13.5. The third-order valence-electron chi connectivity index (χ3n) is 4.45. The lowest BCUT2D eigenvalue weighted by Crippen LogP contribution is -1.88. The van der Waals surface area contributed by atoms with E-state index in [1.807, 2.05) is 42.6 Å². The van der Waals surface area contributed by atoms with Crippen molar-refractivity contribution >= 4 is 32.8 Å². The molecule has 0 bridgehead atoms. The summed E-state index contributed by atoms with van der Waals surface area (Å²) in [6, 6.07) is 15.9. The summed E-state index contributed by atoms with van der Waals surface area (Å²) < 4.78 is 5.26. The van der Waals surface area contributed by atoms with Gasteiger partial charge in [0.05, 0.1) is 34.9 Å². The van der Waals surface area contributed by atoms with Crippen molar-refractivity contribution in [3.8, 4) is 17.1 Å². The van der Waals surface area contributed by atoms with Crippen molar-refractivity contribution < 1.29 is 4.74 Å². The van der Waals surface area contributed by atoms with Gasteiger partial charge >= 0.3 is 0 Å². The molecule has 1 aromatic carbocycles. The Balaban J connectivity index is 1.87. The SMILES string of the molecule is COc1ccc2[nH]c3c(-c4cccc5ncccc45)nccc3c2n1. The minimum atomic E-state index is 0.598. The summed E-state index contributed by atoms with van der Waals surface area (Å²) in [5, 5.41) is 2.11. The van der Waals surface area contributed by atoms with Crippen LogP contribution in [0.3, 0.4) is 0 Å². The zero-order valence-corrected chi connectivity index (χ0v) is 13.5. The van der Waals surface area contributed by atoms with Gasteiger partial charge in [0.25, 0.3) is 0 Å². The first-order valence-corrected chi connectivity index (χ1v) is 8.01. The van der Waals surface area contributed by atoms with E-state index in [0.29, 0.717) is 5.88 Å². The fourth-order valence-corrected chi connectivity index (χ4v) is 3.30. The molecule has 0 atom stereocenters. The molecule has 1 N–H and O–H groups in total. The van der Waals surface area contributed by atoms with Crippen LogP contribution in [0.5, 0.6) is 5.88 Å². The van der Waals surface area contributed by atoms with E-state index in [1.165, 1.54) is 0 Å². The standard InChI is InChI=1S/C20H14N4O/c1-25-17-8-7-16-18(24-17)14-9-11-22-19(20(14)23-16)13-4-2-6-15-12(13)5-3-10-21-15/h2-11,23H,1H3. The first-order valence-electron chi connectivity index (χ1n) is 8.01. The van der Waals surface area contributed by atoms with Crippen molar-refractivity contribution in [1.29, 1.82) is 0 Å². The van der Waals surface area contributed by atoms with Gasteiger partial charge in [0.15, 0.2) is 0 Å². The summed E-state index contributed by atoms with van der Waals surface area (Å²) in [6.45, 7) is 0. The quantitative estimate of drug-likeness (QED) is 0.524. The van der Waals surface area contributed by atoms with E-state index in [2.05, 4.69) is 32.1 Å². The van der Waals surface area contributed by atoms with E-state index in [0.717, 1.165) is 44.1 Å². The van der Waals surface area contributed by atoms with Crippen LogP contribution in [0.1, 0.15) is 0 Å². The Morgan fingerprint density at radius 2 is 1.84 bits per heavy atom. The molecule has 0 radical (unpaired) electrons. The molecular formula is C20H14N4O. The minimum absolute atomic E-state index is 0.598. The Morgan fingerprint density at radius 3 is 2.76 bits per heavy atom. The van der Waals surface area contributed by atoms with E-state index in [-0.39, 0.29) is 0 Å². The van der Waals surface area contributed by atoms with E-state index in [1.54, 1.807) is 13.3 Å². The average Bonchev–Trinajstić information content (AvgIpc) is 3.05. The van der Waals surface area contributed by atoms with Crippen LogP contribution in [0.25, 0.3) is 44.1 Å². The van der Waals surface area contributed by atoms with Crippen LogP contribution in [0.4, 0.5) is 0 Å². The number of aromatic nitrogens is 4. The second kappa shape index (κ2) is 5.27. The fraction of sp³-hybridized carbons (Fsp3) is 0.0500. The van der Waals surface area contributed by atoms with Crippen molar-refractivity contribution in [2.75, 3.05) is 7.11 Å². The highest BCUT2D eigenvalue weighted by atomic mass is 16.5. The summed E-state index contributed by atoms with van der Waals surface area (Å²) in [4.78, 5) is 17.1. The number of fused-ring (bicyclic) bond motifs is 4. The molecule has 0 saturated carbocycles. The summed E-state index contributed by atoms with van der Waals surface area (Å²) in [7, 11) is 1.62. The first kappa shape index (κ1) is 13.9. The number of pyridine rings is 3. The van der Waals surface area contributed by atoms with Crippen LogP contribution >= 0.6 is 0 Å². The molecule has 5 aromatic rings. The molecule has 0 aliphatic heterocycles. The van der Waals surface area contributed by atoms with Crippen molar-refractivity contribution in [2.45, 2.75) is 0 Å². The molecular weight excluding hydrogens is 312 g/mol. The van der Waals surface area contributed by atoms with Gasteiger partial charge in [-0.15, -0.1) is 0 Å². The van der Waals surface area contributed by atoms with E-state index >= 15 is 0 Å². The lowest BCUT2D eigenvalue weighted by atomic mass is 10.0. The number of benzene rings is 1. The average molecular weight is 326 g/mol. The number of methoxy groups -OCH3 is 1. The molecule has 5 nitrogen and oxygen atoms in total. The summed E-state index contributed by atoms with van der Waals surface area (Å²) in [5.41, 5.74) is 5.71. The Bertz CT molecular complexity index is 1240. The van der Waals surface area contributed by atoms with Gasteiger partial charge in [-0.05, 0) is 24.3 Å². The van der Waals surface area contributed by atoms with Crippen LogP contribution in [0.2, 0.25) is 0 Å². The number of hydrogen-bond acceptors (Lipinski definition) is 4. The maximum atomic E-state index is 5.26. The molecule has 0 fully saturated rings. The van der Waals surface area contributed by atoms with Gasteiger partial charge in [-0.2, -0.15) is 0 Å². The molecule has 120 valence electrons. The Hall–Kier alpha value is -3.47. The van der Waals surface area contributed by atoms with Gasteiger partial charge in [0, 0.05) is 34.8 Å². The first-order chi connectivity index (χ1) is 12.3. The van der Waals surface area contributed by atoms with Crippen LogP contribution in [0.15, 0.2) is 60.9 Å². The minimum Gasteiger partial charge on any atom is -0.481 e. The van der Waals surface area contributed by atoms with Gasteiger partial charge in [-0.3, -0.25) is 9.97 Å². The predicted octanol–water partition coefficient (Wildman–Crippen LogP) is 4.33.